The van der Waals surface area contributed by atoms with Crippen LogP contribution in [0.5, 0.6) is 5.75 Å². The first kappa shape index (κ1) is 36.2. The molecule has 0 saturated heterocycles. The van der Waals surface area contributed by atoms with Crippen molar-refractivity contribution >= 4 is 69.5 Å². The number of ether oxygens (including phenoxy) is 1. The minimum absolute atomic E-state index is 0.0592. The van der Waals surface area contributed by atoms with E-state index in [1.165, 1.54) is 11.8 Å². The van der Waals surface area contributed by atoms with Gasteiger partial charge in [-0.2, -0.15) is 0 Å². The van der Waals surface area contributed by atoms with E-state index in [-0.39, 0.29) is 11.6 Å². The molecule has 0 aliphatic carbocycles. The molecule has 3 amide bonds. The highest BCUT2D eigenvalue weighted by molar-refractivity contribution is 14.1. The third kappa shape index (κ3) is 10.4. The molecular formula is C43H34IN3O4S. The summed E-state index contributed by atoms with van der Waals surface area (Å²) in [6, 6.07) is 50.4. The van der Waals surface area contributed by atoms with Gasteiger partial charge in [-0.25, -0.2) is 0 Å². The van der Waals surface area contributed by atoms with Crippen molar-refractivity contribution in [2.75, 3.05) is 10.6 Å². The molecule has 6 aromatic carbocycles. The van der Waals surface area contributed by atoms with Gasteiger partial charge < -0.3 is 20.7 Å². The largest absolute Gasteiger partial charge is 0.489 e. The monoisotopic (exact) mass is 815 g/mol. The number of nitrogens with one attached hydrogen (secondary N) is 3. The molecule has 0 spiro atoms. The zero-order valence-electron chi connectivity index (χ0n) is 27.9. The number of rotatable bonds is 13. The van der Waals surface area contributed by atoms with Gasteiger partial charge in [-0.05, 0) is 112 Å². The van der Waals surface area contributed by atoms with Gasteiger partial charge in [0.05, 0.1) is 0 Å². The number of carbonyl (C=O) groups is 3. The molecule has 6 aromatic rings. The summed E-state index contributed by atoms with van der Waals surface area (Å²) < 4.78 is 6.99. The topological polar surface area (TPSA) is 96.5 Å². The van der Waals surface area contributed by atoms with E-state index in [1.807, 2.05) is 133 Å². The van der Waals surface area contributed by atoms with Crippen LogP contribution < -0.4 is 20.7 Å². The van der Waals surface area contributed by atoms with Crippen molar-refractivity contribution in [1.82, 2.24) is 5.32 Å². The van der Waals surface area contributed by atoms with Crippen LogP contribution in [0.1, 0.15) is 32.3 Å². The Kier molecular flexibility index (Phi) is 12.5. The minimum atomic E-state index is -0.563. The predicted molar refractivity (Wildman–Crippen MR) is 217 cm³/mol. The van der Waals surface area contributed by atoms with Crippen LogP contribution in [0.25, 0.3) is 6.08 Å². The van der Waals surface area contributed by atoms with Crippen LogP contribution in [0.4, 0.5) is 11.4 Å². The molecule has 3 N–H and O–H groups in total. The lowest BCUT2D eigenvalue weighted by atomic mass is 10.1. The standard InChI is InChI=1S/C43H34IN3O4S/c44-34-21-23-35(24-22-34)45-43(50)40(32-13-6-2-7-14-32)52-38-18-10-17-36(28-38)46-42(49)39(47-41(48)33-15-8-3-9-16-33)27-30-19-25-37(26-20-30)51-29-31-11-4-1-5-12-31/h1-28,40H,29H2,(H,45,50)(H,46,49)(H,47,48)/b39-27-. The second kappa shape index (κ2) is 18.0. The van der Waals surface area contributed by atoms with Gasteiger partial charge in [0.2, 0.25) is 5.91 Å². The second-order valence-corrected chi connectivity index (χ2v) is 14.0. The Labute approximate surface area is 320 Å². The maximum atomic E-state index is 13.8. The van der Waals surface area contributed by atoms with Crippen molar-refractivity contribution in [1.29, 1.82) is 0 Å². The molecule has 0 aliphatic rings. The van der Waals surface area contributed by atoms with Gasteiger partial charge in [0, 0.05) is 25.4 Å². The number of halogens is 1. The molecule has 0 radical (unpaired) electrons. The molecule has 0 bridgehead atoms. The van der Waals surface area contributed by atoms with Crippen molar-refractivity contribution in [2.24, 2.45) is 0 Å². The molecule has 258 valence electrons. The number of carbonyl (C=O) groups excluding carboxylic acids is 3. The highest BCUT2D eigenvalue weighted by Crippen LogP contribution is 2.37. The van der Waals surface area contributed by atoms with Crippen molar-refractivity contribution in [3.63, 3.8) is 0 Å². The maximum absolute atomic E-state index is 13.8. The summed E-state index contributed by atoms with van der Waals surface area (Å²) in [6.07, 6.45) is 1.62. The summed E-state index contributed by atoms with van der Waals surface area (Å²) in [5.41, 5.74) is 4.28. The van der Waals surface area contributed by atoms with Crippen LogP contribution in [0.3, 0.4) is 0 Å². The first-order valence-corrected chi connectivity index (χ1v) is 18.4. The van der Waals surface area contributed by atoms with Gasteiger partial charge in [0.15, 0.2) is 0 Å². The molecule has 0 saturated carbocycles. The van der Waals surface area contributed by atoms with Crippen molar-refractivity contribution in [2.45, 2.75) is 16.8 Å². The highest BCUT2D eigenvalue weighted by Gasteiger charge is 2.23. The molecule has 7 nitrogen and oxygen atoms in total. The van der Waals surface area contributed by atoms with Crippen LogP contribution in [0.2, 0.25) is 0 Å². The molecular weight excluding hydrogens is 781 g/mol. The SMILES string of the molecule is O=C(Nc1cccc(SC(C(=O)Nc2ccc(I)cc2)c2ccccc2)c1)/C(=C/c1ccc(OCc2ccccc2)cc1)NC(=O)c1ccccc1. The number of thioether (sulfide) groups is 1. The van der Waals surface area contributed by atoms with Crippen molar-refractivity contribution < 1.29 is 19.1 Å². The minimum Gasteiger partial charge on any atom is -0.489 e. The van der Waals surface area contributed by atoms with Crippen LogP contribution >= 0.6 is 34.4 Å². The number of hydrogen-bond acceptors (Lipinski definition) is 5. The van der Waals surface area contributed by atoms with E-state index in [0.29, 0.717) is 34.9 Å². The van der Waals surface area contributed by atoms with E-state index < -0.39 is 17.1 Å². The zero-order chi connectivity index (χ0) is 36.1. The van der Waals surface area contributed by atoms with Crippen LogP contribution in [-0.2, 0) is 16.2 Å². The van der Waals surface area contributed by atoms with Gasteiger partial charge >= 0.3 is 0 Å². The number of benzene rings is 6. The molecule has 1 unspecified atom stereocenters. The highest BCUT2D eigenvalue weighted by atomic mass is 127. The van der Waals surface area contributed by atoms with Gasteiger partial charge in [0.25, 0.3) is 11.8 Å². The summed E-state index contributed by atoms with van der Waals surface area (Å²) in [5.74, 6) is -0.418. The summed E-state index contributed by atoms with van der Waals surface area (Å²) in [4.78, 5) is 41.4. The summed E-state index contributed by atoms with van der Waals surface area (Å²) in [5, 5.41) is 8.20. The fourth-order valence-corrected chi connectivity index (χ4v) is 6.58. The lowest BCUT2D eigenvalue weighted by Crippen LogP contribution is -2.30. The molecule has 52 heavy (non-hydrogen) atoms. The number of amides is 3. The molecule has 6 rings (SSSR count). The Morgan fingerprint density at radius 1 is 0.673 bits per heavy atom. The van der Waals surface area contributed by atoms with Gasteiger partial charge in [0.1, 0.15) is 23.3 Å². The quantitative estimate of drug-likeness (QED) is 0.0613. The third-order valence-corrected chi connectivity index (χ3v) is 9.73. The fraction of sp³-hybridized carbons (Fsp3) is 0.0465. The summed E-state index contributed by atoms with van der Waals surface area (Å²) in [6.45, 7) is 0.428. The smallest absolute Gasteiger partial charge is 0.272 e. The van der Waals surface area contributed by atoms with Crippen LogP contribution in [0, 0.1) is 3.57 Å². The molecule has 0 aromatic heterocycles. The molecule has 0 fully saturated rings. The van der Waals surface area contributed by atoms with E-state index >= 15 is 0 Å². The Balaban J connectivity index is 1.20. The lowest BCUT2D eigenvalue weighted by molar-refractivity contribution is -0.116. The first-order valence-electron chi connectivity index (χ1n) is 16.4. The van der Waals surface area contributed by atoms with Gasteiger partial charge in [-0.15, -0.1) is 11.8 Å². The zero-order valence-corrected chi connectivity index (χ0v) is 30.8. The Morgan fingerprint density at radius 3 is 2.02 bits per heavy atom. The van der Waals surface area contributed by atoms with Crippen LogP contribution in [0.15, 0.2) is 174 Å². The van der Waals surface area contributed by atoms with E-state index in [9.17, 15) is 14.4 Å². The van der Waals surface area contributed by atoms with E-state index in [2.05, 4.69) is 38.5 Å². The van der Waals surface area contributed by atoms with E-state index in [0.717, 1.165) is 19.6 Å². The average molecular weight is 816 g/mol. The van der Waals surface area contributed by atoms with Crippen molar-refractivity contribution in [3.05, 3.63) is 195 Å². The second-order valence-electron chi connectivity index (χ2n) is 11.6. The molecule has 0 aliphatic heterocycles. The van der Waals surface area contributed by atoms with Gasteiger partial charge in [-0.1, -0.05) is 97.1 Å². The Morgan fingerprint density at radius 2 is 1.33 bits per heavy atom. The van der Waals surface area contributed by atoms with Crippen LogP contribution in [-0.4, -0.2) is 17.7 Å². The average Bonchev–Trinajstić information content (AvgIpc) is 3.18. The fourth-order valence-electron chi connectivity index (χ4n) is 5.13. The normalized spacial score (nSPS) is 11.6. The van der Waals surface area contributed by atoms with E-state index in [1.54, 1.807) is 36.4 Å². The number of anilines is 2. The Hall–Kier alpha value is -5.65. The van der Waals surface area contributed by atoms with Crippen molar-refractivity contribution in [3.8, 4) is 5.75 Å². The first-order chi connectivity index (χ1) is 25.4. The predicted octanol–water partition coefficient (Wildman–Crippen LogP) is 9.75. The molecule has 0 heterocycles. The maximum Gasteiger partial charge on any atom is 0.272 e. The Bertz CT molecular complexity index is 2150. The molecule has 1 atom stereocenters. The lowest BCUT2D eigenvalue weighted by Gasteiger charge is -2.18. The summed E-state index contributed by atoms with van der Waals surface area (Å²) >= 11 is 3.60. The third-order valence-electron chi connectivity index (χ3n) is 7.77. The van der Waals surface area contributed by atoms with Gasteiger partial charge in [-0.3, -0.25) is 14.4 Å². The van der Waals surface area contributed by atoms with E-state index in [4.69, 9.17) is 4.74 Å². The number of hydrogen-bond donors (Lipinski definition) is 3. The molecule has 9 heteroatoms. The summed E-state index contributed by atoms with van der Waals surface area (Å²) in [7, 11) is 0.